The monoisotopic (exact) mass is 428 g/mol. The molecule has 2 aromatic heterocycles. The summed E-state index contributed by atoms with van der Waals surface area (Å²) in [6.07, 6.45) is 3.26. The molecule has 1 N–H and O–H groups in total. The summed E-state index contributed by atoms with van der Waals surface area (Å²) in [5, 5.41) is 6.77. The highest BCUT2D eigenvalue weighted by atomic mass is 35.5. The van der Waals surface area contributed by atoms with Crippen molar-refractivity contribution in [2.75, 3.05) is 25.0 Å². The zero-order valence-electron chi connectivity index (χ0n) is 16.6. The Balaban J connectivity index is 1.62. The van der Waals surface area contributed by atoms with Crippen LogP contribution in [0.15, 0.2) is 53.3 Å². The molecule has 0 radical (unpaired) electrons. The molecule has 0 bridgehead atoms. The van der Waals surface area contributed by atoms with Crippen molar-refractivity contribution in [2.45, 2.75) is 13.8 Å². The maximum Gasteiger partial charge on any atom is 0.277 e. The first kappa shape index (κ1) is 21.3. The molecule has 0 saturated carbocycles. The number of hydrogen-bond acceptors (Lipinski definition) is 6. The van der Waals surface area contributed by atoms with Gasteiger partial charge >= 0.3 is 0 Å². The normalized spacial score (nSPS) is 10.5. The van der Waals surface area contributed by atoms with Crippen molar-refractivity contribution in [3.63, 3.8) is 0 Å². The summed E-state index contributed by atoms with van der Waals surface area (Å²) in [6.45, 7) is 4.92. The molecule has 1 aromatic carbocycles. The number of anilines is 1. The molecule has 9 heteroatoms. The molecule has 156 valence electrons. The average Bonchev–Trinajstić information content (AvgIpc) is 3.25. The van der Waals surface area contributed by atoms with Crippen LogP contribution in [0.25, 0.3) is 11.3 Å². The molecular weight excluding hydrogens is 408 g/mol. The van der Waals surface area contributed by atoms with Gasteiger partial charge in [-0.2, -0.15) is 0 Å². The summed E-state index contributed by atoms with van der Waals surface area (Å²) in [6, 6.07) is 9.86. The summed E-state index contributed by atoms with van der Waals surface area (Å²) in [4.78, 5) is 30.2. The van der Waals surface area contributed by atoms with Gasteiger partial charge in [0, 0.05) is 42.8 Å². The van der Waals surface area contributed by atoms with Gasteiger partial charge in [0.05, 0.1) is 5.02 Å². The quantitative estimate of drug-likeness (QED) is 0.584. The third-order valence-electron chi connectivity index (χ3n) is 4.35. The van der Waals surface area contributed by atoms with Crippen LogP contribution >= 0.6 is 11.6 Å². The molecule has 0 aliphatic carbocycles. The molecule has 0 aliphatic rings. The van der Waals surface area contributed by atoms with Crippen molar-refractivity contribution in [1.82, 2.24) is 15.0 Å². The van der Waals surface area contributed by atoms with Crippen LogP contribution in [0.5, 0.6) is 5.75 Å². The number of amides is 2. The van der Waals surface area contributed by atoms with E-state index in [1.54, 1.807) is 47.6 Å². The van der Waals surface area contributed by atoms with Gasteiger partial charge in [-0.25, -0.2) is 0 Å². The topological polar surface area (TPSA) is 97.6 Å². The van der Waals surface area contributed by atoms with E-state index in [0.717, 1.165) is 0 Å². The SMILES string of the molecule is CCN(CC)C(=O)COc1ccc(NC(=O)c2cc(-c3cccnc3)on2)cc1Cl. The summed E-state index contributed by atoms with van der Waals surface area (Å²) < 4.78 is 10.7. The molecule has 8 nitrogen and oxygen atoms in total. The fourth-order valence-corrected chi connectivity index (χ4v) is 2.96. The number of nitrogens with one attached hydrogen (secondary N) is 1. The van der Waals surface area contributed by atoms with Gasteiger partial charge in [-0.05, 0) is 44.2 Å². The van der Waals surface area contributed by atoms with Crippen LogP contribution in [-0.2, 0) is 4.79 Å². The van der Waals surface area contributed by atoms with Crippen molar-refractivity contribution in [1.29, 1.82) is 0 Å². The first-order valence-corrected chi connectivity index (χ1v) is 9.78. The van der Waals surface area contributed by atoms with Crippen molar-refractivity contribution in [3.8, 4) is 17.1 Å². The minimum absolute atomic E-state index is 0.108. The van der Waals surface area contributed by atoms with Crippen LogP contribution in [0.1, 0.15) is 24.3 Å². The summed E-state index contributed by atoms with van der Waals surface area (Å²) in [5.41, 5.74) is 1.29. The lowest BCUT2D eigenvalue weighted by molar-refractivity contribution is -0.132. The number of ether oxygens (including phenoxy) is 1. The Kier molecular flexibility index (Phi) is 7.03. The van der Waals surface area contributed by atoms with Gasteiger partial charge in [0.25, 0.3) is 11.8 Å². The maximum atomic E-state index is 12.4. The van der Waals surface area contributed by atoms with Gasteiger partial charge in [0.15, 0.2) is 18.1 Å². The van der Waals surface area contributed by atoms with Gasteiger partial charge in [0.1, 0.15) is 5.75 Å². The molecule has 0 fully saturated rings. The van der Waals surface area contributed by atoms with Gasteiger partial charge < -0.3 is 19.5 Å². The minimum Gasteiger partial charge on any atom is -0.482 e. The number of halogens is 1. The Morgan fingerprint density at radius 3 is 2.67 bits per heavy atom. The van der Waals surface area contributed by atoms with E-state index >= 15 is 0 Å². The minimum atomic E-state index is -0.449. The number of benzene rings is 1. The van der Waals surface area contributed by atoms with Crippen LogP contribution in [0.2, 0.25) is 5.02 Å². The van der Waals surface area contributed by atoms with Gasteiger partial charge in [-0.3, -0.25) is 14.6 Å². The van der Waals surface area contributed by atoms with E-state index in [-0.39, 0.29) is 23.2 Å². The first-order chi connectivity index (χ1) is 14.5. The fourth-order valence-electron chi connectivity index (χ4n) is 2.72. The first-order valence-electron chi connectivity index (χ1n) is 9.40. The van der Waals surface area contributed by atoms with E-state index in [2.05, 4.69) is 15.5 Å². The molecule has 0 unspecified atom stereocenters. The summed E-state index contributed by atoms with van der Waals surface area (Å²) >= 11 is 6.23. The third-order valence-corrected chi connectivity index (χ3v) is 4.64. The number of likely N-dealkylation sites (N-methyl/N-ethyl adjacent to an activating group) is 1. The molecule has 30 heavy (non-hydrogen) atoms. The number of carbonyl (C=O) groups excluding carboxylic acids is 2. The Hall–Kier alpha value is -3.39. The Morgan fingerprint density at radius 2 is 2.00 bits per heavy atom. The number of pyridine rings is 1. The van der Waals surface area contributed by atoms with Crippen molar-refractivity contribution < 1.29 is 18.8 Å². The van der Waals surface area contributed by atoms with E-state index in [1.807, 2.05) is 13.8 Å². The molecular formula is C21H21ClN4O4. The average molecular weight is 429 g/mol. The summed E-state index contributed by atoms with van der Waals surface area (Å²) in [5.74, 6) is 0.225. The molecule has 0 spiro atoms. The largest absolute Gasteiger partial charge is 0.482 e. The molecule has 3 aromatic rings. The maximum absolute atomic E-state index is 12.4. The lowest BCUT2D eigenvalue weighted by Crippen LogP contribution is -2.34. The summed E-state index contributed by atoms with van der Waals surface area (Å²) in [7, 11) is 0. The molecule has 0 aliphatic heterocycles. The molecule has 3 rings (SSSR count). The Morgan fingerprint density at radius 1 is 1.20 bits per heavy atom. The van der Waals surface area contributed by atoms with Crippen LogP contribution in [0, 0.1) is 0 Å². The Labute approximate surface area is 178 Å². The highest BCUT2D eigenvalue weighted by Gasteiger charge is 2.16. The highest BCUT2D eigenvalue weighted by molar-refractivity contribution is 6.32. The lowest BCUT2D eigenvalue weighted by atomic mass is 10.2. The van der Waals surface area contributed by atoms with E-state index in [1.165, 1.54) is 6.07 Å². The fraction of sp³-hybridized carbons (Fsp3) is 0.238. The van der Waals surface area contributed by atoms with Gasteiger partial charge in [-0.15, -0.1) is 0 Å². The predicted molar refractivity (Wildman–Crippen MR) is 113 cm³/mol. The van der Waals surface area contributed by atoms with Crippen LogP contribution in [0.4, 0.5) is 5.69 Å². The third kappa shape index (κ3) is 5.15. The van der Waals surface area contributed by atoms with Crippen LogP contribution in [-0.4, -0.2) is 46.6 Å². The second-order valence-corrected chi connectivity index (χ2v) is 6.68. The van der Waals surface area contributed by atoms with Crippen molar-refractivity contribution in [3.05, 3.63) is 59.5 Å². The smallest absolute Gasteiger partial charge is 0.277 e. The zero-order chi connectivity index (χ0) is 21.5. The zero-order valence-corrected chi connectivity index (χ0v) is 17.3. The number of hydrogen-bond donors (Lipinski definition) is 1. The second-order valence-electron chi connectivity index (χ2n) is 6.27. The van der Waals surface area contributed by atoms with Crippen LogP contribution in [0.3, 0.4) is 0 Å². The van der Waals surface area contributed by atoms with Gasteiger partial charge in [-0.1, -0.05) is 16.8 Å². The van der Waals surface area contributed by atoms with Crippen molar-refractivity contribution >= 4 is 29.1 Å². The van der Waals surface area contributed by atoms with E-state index in [0.29, 0.717) is 35.9 Å². The number of nitrogens with zero attached hydrogens (tertiary/aromatic N) is 3. The molecule has 0 atom stereocenters. The molecule has 0 saturated heterocycles. The van der Waals surface area contributed by atoms with E-state index in [9.17, 15) is 9.59 Å². The van der Waals surface area contributed by atoms with E-state index < -0.39 is 5.91 Å². The highest BCUT2D eigenvalue weighted by Crippen LogP contribution is 2.28. The second kappa shape index (κ2) is 9.89. The number of carbonyl (C=O) groups is 2. The number of rotatable bonds is 8. The molecule has 2 amide bonds. The predicted octanol–water partition coefficient (Wildman–Crippen LogP) is 3.89. The van der Waals surface area contributed by atoms with Crippen LogP contribution < -0.4 is 10.1 Å². The number of aromatic nitrogens is 2. The van der Waals surface area contributed by atoms with Gasteiger partial charge in [0.2, 0.25) is 0 Å². The lowest BCUT2D eigenvalue weighted by Gasteiger charge is -2.19. The molecule has 2 heterocycles. The van der Waals surface area contributed by atoms with E-state index in [4.69, 9.17) is 20.9 Å². The standard InChI is InChI=1S/C21H21ClN4O4/c1-3-26(4-2)20(27)13-29-18-8-7-15(10-16(18)22)24-21(28)17-11-19(30-25-17)14-6-5-9-23-12-14/h5-12H,3-4,13H2,1-2H3,(H,24,28). The van der Waals surface area contributed by atoms with Crippen molar-refractivity contribution in [2.24, 2.45) is 0 Å². The Bertz CT molecular complexity index is 1020.